The first-order valence-corrected chi connectivity index (χ1v) is 6.33. The van der Waals surface area contributed by atoms with Gasteiger partial charge in [0, 0.05) is 6.42 Å². The van der Waals surface area contributed by atoms with Crippen LogP contribution in [0, 0.1) is 0 Å². The first-order valence-electron chi connectivity index (χ1n) is 4.93. The van der Waals surface area contributed by atoms with Gasteiger partial charge in [0.2, 0.25) is 0 Å². The predicted octanol–water partition coefficient (Wildman–Crippen LogP) is 1.51. The summed E-state index contributed by atoms with van der Waals surface area (Å²) in [7, 11) is 0. The van der Waals surface area contributed by atoms with E-state index in [2.05, 4.69) is 28.4 Å². The summed E-state index contributed by atoms with van der Waals surface area (Å²) in [4.78, 5) is 4.35. The molecule has 1 rings (SSSR count). The highest BCUT2D eigenvalue weighted by Gasteiger charge is 2.10. The molecule has 0 fully saturated rings. The maximum atomic E-state index is 5.93. The molecule has 1 unspecified atom stereocenters. The van der Waals surface area contributed by atoms with E-state index in [0.717, 1.165) is 36.7 Å². The third-order valence-corrected chi connectivity index (χ3v) is 2.64. The minimum atomic E-state index is -0.0238. The van der Waals surface area contributed by atoms with Gasteiger partial charge in [0.05, 0.1) is 6.04 Å². The number of nitrogens with two attached hydrogens (primary N) is 1. The van der Waals surface area contributed by atoms with Crippen molar-refractivity contribution in [1.29, 1.82) is 0 Å². The lowest BCUT2D eigenvalue weighted by Crippen LogP contribution is -2.13. The van der Waals surface area contributed by atoms with Gasteiger partial charge in [-0.1, -0.05) is 6.92 Å². The molecule has 5 heteroatoms. The molecule has 1 aromatic heterocycles. The lowest BCUT2D eigenvalue weighted by molar-refractivity contribution is 0.657. The Bertz CT molecular complexity index is 261. The number of rotatable bonds is 6. The van der Waals surface area contributed by atoms with Gasteiger partial charge in [0.25, 0.3) is 0 Å². The number of hydrogen-bond donors (Lipinski definition) is 2. The molecule has 1 atom stereocenters. The molecular weight excluding hydrogens is 196 g/mol. The summed E-state index contributed by atoms with van der Waals surface area (Å²) in [6.45, 7) is 2.12. The second kappa shape index (κ2) is 6.03. The number of aryl methyl sites for hydroxylation is 1. The summed E-state index contributed by atoms with van der Waals surface area (Å²) >= 11 is 1.80. The molecule has 0 saturated carbocycles. The minimum absolute atomic E-state index is 0.0238. The third kappa shape index (κ3) is 3.31. The summed E-state index contributed by atoms with van der Waals surface area (Å²) in [6, 6.07) is -0.0238. The van der Waals surface area contributed by atoms with Crippen molar-refractivity contribution in [3.05, 3.63) is 11.6 Å². The van der Waals surface area contributed by atoms with Gasteiger partial charge in [-0.15, -0.1) is 0 Å². The highest BCUT2D eigenvalue weighted by Crippen LogP contribution is 2.11. The van der Waals surface area contributed by atoms with Gasteiger partial charge in [0.1, 0.15) is 5.82 Å². The number of H-pyrrole nitrogens is 1. The zero-order chi connectivity index (χ0) is 10.4. The van der Waals surface area contributed by atoms with Crippen LogP contribution < -0.4 is 5.73 Å². The standard InChI is InChI=1S/C9H18N4S/c1-3-4-8-11-9(13-12-8)7(10)5-6-14-2/h7H,3-6,10H2,1-2H3,(H,11,12,13). The molecule has 0 aliphatic carbocycles. The van der Waals surface area contributed by atoms with Crippen molar-refractivity contribution in [2.75, 3.05) is 12.0 Å². The second-order valence-electron chi connectivity index (χ2n) is 3.28. The lowest BCUT2D eigenvalue weighted by atomic mass is 10.2. The van der Waals surface area contributed by atoms with Gasteiger partial charge >= 0.3 is 0 Å². The van der Waals surface area contributed by atoms with Crippen molar-refractivity contribution in [1.82, 2.24) is 15.2 Å². The molecule has 0 amide bonds. The summed E-state index contributed by atoms with van der Waals surface area (Å²) in [5.41, 5.74) is 5.93. The van der Waals surface area contributed by atoms with E-state index in [1.807, 2.05) is 0 Å². The number of hydrogen-bond acceptors (Lipinski definition) is 4. The predicted molar refractivity (Wildman–Crippen MR) is 60.3 cm³/mol. The van der Waals surface area contributed by atoms with Gasteiger partial charge in [0.15, 0.2) is 5.82 Å². The average Bonchev–Trinajstić information content (AvgIpc) is 2.63. The highest BCUT2D eigenvalue weighted by molar-refractivity contribution is 7.98. The molecule has 14 heavy (non-hydrogen) atoms. The van der Waals surface area contributed by atoms with Crippen molar-refractivity contribution in [2.24, 2.45) is 5.73 Å². The maximum absolute atomic E-state index is 5.93. The van der Waals surface area contributed by atoms with Crippen LogP contribution in [0.25, 0.3) is 0 Å². The van der Waals surface area contributed by atoms with Crippen LogP contribution in [0.15, 0.2) is 0 Å². The lowest BCUT2D eigenvalue weighted by Gasteiger charge is -2.04. The molecular formula is C9H18N4S. The van der Waals surface area contributed by atoms with E-state index < -0.39 is 0 Å². The first kappa shape index (κ1) is 11.5. The van der Waals surface area contributed by atoms with E-state index >= 15 is 0 Å². The Morgan fingerprint density at radius 1 is 1.57 bits per heavy atom. The third-order valence-electron chi connectivity index (χ3n) is 2.00. The van der Waals surface area contributed by atoms with Crippen LogP contribution >= 0.6 is 11.8 Å². The second-order valence-corrected chi connectivity index (χ2v) is 4.26. The van der Waals surface area contributed by atoms with E-state index in [1.165, 1.54) is 0 Å². The smallest absolute Gasteiger partial charge is 0.167 e. The molecule has 1 aromatic rings. The largest absolute Gasteiger partial charge is 0.321 e. The SMILES string of the molecule is CCCc1nc(C(N)CCSC)n[nH]1. The molecule has 3 N–H and O–H groups in total. The van der Waals surface area contributed by atoms with Crippen LogP contribution in [0.1, 0.15) is 37.5 Å². The van der Waals surface area contributed by atoms with Crippen molar-refractivity contribution in [3.63, 3.8) is 0 Å². The van der Waals surface area contributed by atoms with E-state index in [9.17, 15) is 0 Å². The van der Waals surface area contributed by atoms with Crippen molar-refractivity contribution >= 4 is 11.8 Å². The molecule has 0 aliphatic rings. The van der Waals surface area contributed by atoms with E-state index in [1.54, 1.807) is 11.8 Å². The van der Waals surface area contributed by atoms with Crippen LogP contribution in [-0.4, -0.2) is 27.2 Å². The average molecular weight is 214 g/mol. The zero-order valence-electron chi connectivity index (χ0n) is 8.79. The van der Waals surface area contributed by atoms with E-state index in [0.29, 0.717) is 0 Å². The fraction of sp³-hybridized carbons (Fsp3) is 0.778. The first-order chi connectivity index (χ1) is 6.77. The Balaban J connectivity index is 2.48. The van der Waals surface area contributed by atoms with Gasteiger partial charge < -0.3 is 5.73 Å². The molecule has 0 aromatic carbocycles. The number of nitrogens with one attached hydrogen (secondary N) is 1. The number of nitrogens with zero attached hydrogens (tertiary/aromatic N) is 2. The van der Waals surface area contributed by atoms with E-state index in [-0.39, 0.29) is 6.04 Å². The van der Waals surface area contributed by atoms with E-state index in [4.69, 9.17) is 5.73 Å². The fourth-order valence-electron chi connectivity index (χ4n) is 1.20. The molecule has 0 bridgehead atoms. The zero-order valence-corrected chi connectivity index (χ0v) is 9.60. The Morgan fingerprint density at radius 2 is 2.36 bits per heavy atom. The molecule has 0 radical (unpaired) electrons. The molecule has 0 aliphatic heterocycles. The van der Waals surface area contributed by atoms with Crippen LogP contribution in [0.3, 0.4) is 0 Å². The molecule has 0 saturated heterocycles. The molecule has 4 nitrogen and oxygen atoms in total. The fourth-order valence-corrected chi connectivity index (χ4v) is 1.69. The van der Waals surface area contributed by atoms with Crippen molar-refractivity contribution in [3.8, 4) is 0 Å². The molecule has 1 heterocycles. The molecule has 80 valence electrons. The Morgan fingerprint density at radius 3 is 3.00 bits per heavy atom. The normalized spacial score (nSPS) is 13.1. The van der Waals surface area contributed by atoms with Gasteiger partial charge in [-0.25, -0.2) is 4.98 Å². The number of aromatic amines is 1. The van der Waals surface area contributed by atoms with Gasteiger partial charge in [-0.05, 0) is 24.9 Å². The van der Waals surface area contributed by atoms with Gasteiger partial charge in [-0.3, -0.25) is 5.10 Å². The maximum Gasteiger partial charge on any atom is 0.167 e. The Hall–Kier alpha value is -0.550. The highest BCUT2D eigenvalue weighted by atomic mass is 32.2. The number of thioether (sulfide) groups is 1. The Labute approximate surface area is 89.1 Å². The van der Waals surface area contributed by atoms with Gasteiger partial charge in [-0.2, -0.15) is 16.9 Å². The van der Waals surface area contributed by atoms with Crippen LogP contribution in [0.4, 0.5) is 0 Å². The van der Waals surface area contributed by atoms with Crippen molar-refractivity contribution < 1.29 is 0 Å². The van der Waals surface area contributed by atoms with Crippen molar-refractivity contribution in [2.45, 2.75) is 32.2 Å². The molecule has 0 spiro atoms. The topological polar surface area (TPSA) is 67.6 Å². The van der Waals surface area contributed by atoms with Crippen LogP contribution in [0.5, 0.6) is 0 Å². The summed E-state index contributed by atoms with van der Waals surface area (Å²) in [5, 5.41) is 7.03. The Kier molecular flexibility index (Phi) is 4.97. The number of aromatic nitrogens is 3. The minimum Gasteiger partial charge on any atom is -0.321 e. The monoisotopic (exact) mass is 214 g/mol. The van der Waals surface area contributed by atoms with Crippen LogP contribution in [0.2, 0.25) is 0 Å². The summed E-state index contributed by atoms with van der Waals surface area (Å²) in [6.07, 6.45) is 5.04. The summed E-state index contributed by atoms with van der Waals surface area (Å²) < 4.78 is 0. The quantitative estimate of drug-likeness (QED) is 0.753. The van der Waals surface area contributed by atoms with Crippen LogP contribution in [-0.2, 0) is 6.42 Å². The summed E-state index contributed by atoms with van der Waals surface area (Å²) in [5.74, 6) is 2.75.